The molecule has 1 aromatic rings. The molecule has 6 nitrogen and oxygen atoms in total. The van der Waals surface area contributed by atoms with Gasteiger partial charge in [0.25, 0.3) is 0 Å². The Morgan fingerprint density at radius 3 is 2.81 bits per heavy atom. The fraction of sp³-hybridized carbons (Fsp3) is 0.731. The van der Waals surface area contributed by atoms with Crippen molar-refractivity contribution in [1.82, 2.24) is 15.1 Å². The number of nitrogens with two attached hydrogens (primary N) is 1. The molecule has 1 heterocycles. The number of phenols is 1. The molecule has 4 N–H and O–H groups in total. The summed E-state index contributed by atoms with van der Waals surface area (Å²) in [5, 5.41) is 13.6. The van der Waals surface area contributed by atoms with Gasteiger partial charge in [-0.1, -0.05) is 6.07 Å². The standard InChI is InChI=1S/C26H40N4O2/c1-16(2)28-24(32)29(4)23-8-10-25-9-7-21(23)26(25)19(15-30(12-11-27)17(25)3)13-18-5-6-20(31)14-22(18)26/h5-6,14,16-17,19,21,23,31H,7-13,15,27H2,1-4H3,(H,28,32). The molecule has 6 heteroatoms. The van der Waals surface area contributed by atoms with Crippen LogP contribution in [-0.2, 0) is 11.8 Å². The first-order valence-corrected chi connectivity index (χ1v) is 12.6. The smallest absolute Gasteiger partial charge is 0.317 e. The molecule has 3 fully saturated rings. The summed E-state index contributed by atoms with van der Waals surface area (Å²) in [6.07, 6.45) is 5.59. The number of nitrogens with one attached hydrogen (secondary N) is 1. The maximum atomic E-state index is 13.0. The van der Waals surface area contributed by atoms with Crippen molar-refractivity contribution in [2.75, 3.05) is 26.7 Å². The van der Waals surface area contributed by atoms with Crippen LogP contribution in [0.3, 0.4) is 0 Å². The SMILES string of the molecule is CC(C)NC(=O)N(C)C1CCC23CCC1C21c2cc(O)ccc2CC1CN(CCN)C3C. The summed E-state index contributed by atoms with van der Waals surface area (Å²) in [5.74, 6) is 1.31. The summed E-state index contributed by atoms with van der Waals surface area (Å²) in [7, 11) is 1.99. The van der Waals surface area contributed by atoms with Crippen molar-refractivity contribution in [1.29, 1.82) is 0 Å². The molecule has 0 radical (unpaired) electrons. The number of carbonyl (C=O) groups is 1. The normalized spacial score (nSPS) is 37.7. The van der Waals surface area contributed by atoms with E-state index in [4.69, 9.17) is 5.73 Å². The van der Waals surface area contributed by atoms with Gasteiger partial charge in [-0.15, -0.1) is 0 Å². The second-order valence-electron chi connectivity index (χ2n) is 11.2. The Balaban J connectivity index is 1.63. The minimum Gasteiger partial charge on any atom is -0.508 e. The topological polar surface area (TPSA) is 81.8 Å². The molecule has 6 atom stereocenters. The fourth-order valence-corrected chi connectivity index (χ4v) is 8.78. The van der Waals surface area contributed by atoms with Gasteiger partial charge in [0.1, 0.15) is 5.75 Å². The molecule has 2 amide bonds. The molecule has 176 valence electrons. The molecule has 1 aliphatic heterocycles. The molecular weight excluding hydrogens is 400 g/mol. The van der Waals surface area contributed by atoms with Gasteiger partial charge in [-0.05, 0) is 93.4 Å². The average Bonchev–Trinajstić information content (AvgIpc) is 3.17. The van der Waals surface area contributed by atoms with E-state index in [1.807, 2.05) is 31.9 Å². The first-order valence-electron chi connectivity index (χ1n) is 12.6. The number of nitrogens with zero attached hydrogens (tertiary/aromatic N) is 2. The Kier molecular flexibility index (Phi) is 5.25. The molecule has 4 aliphatic rings. The molecule has 5 rings (SSSR count). The van der Waals surface area contributed by atoms with Gasteiger partial charge in [0, 0.05) is 50.2 Å². The predicted molar refractivity (Wildman–Crippen MR) is 127 cm³/mol. The largest absolute Gasteiger partial charge is 0.508 e. The third kappa shape index (κ3) is 2.75. The zero-order valence-electron chi connectivity index (χ0n) is 20.1. The summed E-state index contributed by atoms with van der Waals surface area (Å²) < 4.78 is 0. The van der Waals surface area contributed by atoms with Crippen molar-refractivity contribution in [3.05, 3.63) is 29.3 Å². The first-order chi connectivity index (χ1) is 15.3. The first kappa shape index (κ1) is 22.0. The summed E-state index contributed by atoms with van der Waals surface area (Å²) in [6.45, 7) is 9.16. The molecule has 2 bridgehead atoms. The zero-order valence-corrected chi connectivity index (χ0v) is 20.1. The van der Waals surface area contributed by atoms with Crippen LogP contribution in [0, 0.1) is 17.3 Å². The number of urea groups is 1. The van der Waals surface area contributed by atoms with Gasteiger partial charge < -0.3 is 21.1 Å². The lowest BCUT2D eigenvalue weighted by molar-refractivity contribution is -0.114. The van der Waals surface area contributed by atoms with Crippen molar-refractivity contribution in [3.63, 3.8) is 0 Å². The van der Waals surface area contributed by atoms with Gasteiger partial charge >= 0.3 is 6.03 Å². The van der Waals surface area contributed by atoms with E-state index in [2.05, 4.69) is 29.3 Å². The molecule has 1 saturated heterocycles. The summed E-state index contributed by atoms with van der Waals surface area (Å²) >= 11 is 0. The molecule has 6 unspecified atom stereocenters. The van der Waals surface area contributed by atoms with Crippen LogP contribution < -0.4 is 11.1 Å². The molecule has 32 heavy (non-hydrogen) atoms. The van der Waals surface area contributed by atoms with Crippen LogP contribution in [0.25, 0.3) is 0 Å². The monoisotopic (exact) mass is 440 g/mol. The number of hydrogen-bond donors (Lipinski definition) is 3. The lowest BCUT2D eigenvalue weighted by Crippen LogP contribution is -2.70. The number of aromatic hydroxyl groups is 1. The van der Waals surface area contributed by atoms with Crippen molar-refractivity contribution in [3.8, 4) is 5.75 Å². The third-order valence-electron chi connectivity index (χ3n) is 9.76. The van der Waals surface area contributed by atoms with Crippen molar-refractivity contribution >= 4 is 6.03 Å². The number of likely N-dealkylation sites (tertiary alicyclic amines) is 1. The third-order valence-corrected chi connectivity index (χ3v) is 9.76. The van der Waals surface area contributed by atoms with E-state index in [0.29, 0.717) is 30.2 Å². The number of piperidine rings is 1. The zero-order chi connectivity index (χ0) is 22.8. The molecule has 1 aromatic carbocycles. The van der Waals surface area contributed by atoms with Crippen LogP contribution in [0.15, 0.2) is 18.2 Å². The number of fused-ring (bicyclic) bond motifs is 1. The van der Waals surface area contributed by atoms with E-state index in [1.54, 1.807) is 0 Å². The number of phenolic OH excluding ortho intramolecular Hbond substituents is 1. The highest BCUT2D eigenvalue weighted by Crippen LogP contribution is 2.74. The van der Waals surface area contributed by atoms with E-state index in [9.17, 15) is 9.90 Å². The minimum atomic E-state index is 0.0286. The van der Waals surface area contributed by atoms with Crippen molar-refractivity contribution < 1.29 is 9.90 Å². The highest BCUT2D eigenvalue weighted by Gasteiger charge is 2.73. The van der Waals surface area contributed by atoms with Crippen molar-refractivity contribution in [2.24, 2.45) is 23.0 Å². The summed E-state index contributed by atoms with van der Waals surface area (Å²) in [5.41, 5.74) is 9.03. The molecule has 3 aliphatic carbocycles. The second-order valence-corrected chi connectivity index (χ2v) is 11.2. The maximum absolute atomic E-state index is 13.0. The van der Waals surface area contributed by atoms with Crippen LogP contribution >= 0.6 is 0 Å². The number of rotatable bonds is 4. The van der Waals surface area contributed by atoms with Gasteiger partial charge in [0.15, 0.2) is 0 Å². The molecular formula is C26H40N4O2. The van der Waals surface area contributed by atoms with Gasteiger partial charge in [0.05, 0.1) is 0 Å². The van der Waals surface area contributed by atoms with Crippen LogP contribution in [-0.4, -0.2) is 65.7 Å². The fourth-order valence-electron chi connectivity index (χ4n) is 8.78. The van der Waals surface area contributed by atoms with Crippen LogP contribution in [0.4, 0.5) is 4.79 Å². The Hall–Kier alpha value is -1.79. The Bertz CT molecular complexity index is 904. The van der Waals surface area contributed by atoms with Crippen LogP contribution in [0.5, 0.6) is 5.75 Å². The van der Waals surface area contributed by atoms with E-state index in [-0.39, 0.29) is 28.9 Å². The van der Waals surface area contributed by atoms with Crippen LogP contribution in [0.2, 0.25) is 0 Å². The van der Waals surface area contributed by atoms with Gasteiger partial charge in [-0.3, -0.25) is 4.90 Å². The number of benzene rings is 1. The Morgan fingerprint density at radius 2 is 2.09 bits per heavy atom. The number of amides is 2. The Labute approximate surface area is 192 Å². The molecule has 2 saturated carbocycles. The average molecular weight is 441 g/mol. The van der Waals surface area contributed by atoms with Crippen molar-refractivity contribution in [2.45, 2.75) is 76.4 Å². The number of hydrogen-bond acceptors (Lipinski definition) is 4. The second kappa shape index (κ2) is 7.63. The quantitative estimate of drug-likeness (QED) is 0.672. The van der Waals surface area contributed by atoms with E-state index >= 15 is 0 Å². The summed E-state index contributed by atoms with van der Waals surface area (Å²) in [6, 6.07) is 6.94. The lowest BCUT2D eigenvalue weighted by atomic mass is 9.45. The van der Waals surface area contributed by atoms with Gasteiger partial charge in [-0.25, -0.2) is 4.79 Å². The summed E-state index contributed by atoms with van der Waals surface area (Å²) in [4.78, 5) is 17.7. The molecule has 0 aromatic heterocycles. The molecule has 1 spiro atoms. The van der Waals surface area contributed by atoms with E-state index in [1.165, 1.54) is 17.5 Å². The number of carbonyl (C=O) groups excluding carboxylic acids is 1. The van der Waals surface area contributed by atoms with E-state index in [0.717, 1.165) is 38.8 Å². The van der Waals surface area contributed by atoms with Crippen LogP contribution in [0.1, 0.15) is 57.6 Å². The highest BCUT2D eigenvalue weighted by molar-refractivity contribution is 5.74. The lowest BCUT2D eigenvalue weighted by Gasteiger charge is -2.65. The van der Waals surface area contributed by atoms with Gasteiger partial charge in [-0.2, -0.15) is 0 Å². The maximum Gasteiger partial charge on any atom is 0.317 e. The van der Waals surface area contributed by atoms with Gasteiger partial charge in [0.2, 0.25) is 0 Å². The van der Waals surface area contributed by atoms with E-state index < -0.39 is 0 Å². The highest BCUT2D eigenvalue weighted by atomic mass is 16.3. The minimum absolute atomic E-state index is 0.0286. The predicted octanol–water partition coefficient (Wildman–Crippen LogP) is 3.07. The Morgan fingerprint density at radius 1 is 1.34 bits per heavy atom.